The van der Waals surface area contributed by atoms with Crippen molar-refractivity contribution in [2.24, 2.45) is 5.73 Å². The third-order valence-electron chi connectivity index (χ3n) is 4.80. The van der Waals surface area contributed by atoms with Gasteiger partial charge in [0.25, 0.3) is 0 Å². The van der Waals surface area contributed by atoms with Crippen LogP contribution < -0.4 is 16.4 Å². The van der Waals surface area contributed by atoms with E-state index in [2.05, 4.69) is 15.6 Å². The second-order valence-electron chi connectivity index (χ2n) is 6.67. The molecule has 1 fully saturated rings. The number of carbonyl (C=O) groups is 3. The number of aromatic nitrogens is 1. The SMILES string of the molecule is CNc1cccc(C2CCCCN2C(=O)C(=O)Nc2cncc(C(N)=O)c2)c1. The summed E-state index contributed by atoms with van der Waals surface area (Å²) in [6, 6.07) is 9.08. The number of nitrogens with zero attached hydrogens (tertiary/aromatic N) is 2. The fraction of sp³-hybridized carbons (Fsp3) is 0.300. The summed E-state index contributed by atoms with van der Waals surface area (Å²) in [6.07, 6.45) is 5.30. The Kier molecular flexibility index (Phi) is 5.88. The van der Waals surface area contributed by atoms with Crippen molar-refractivity contribution in [3.8, 4) is 0 Å². The number of carbonyl (C=O) groups excluding carboxylic acids is 3. The maximum absolute atomic E-state index is 12.8. The van der Waals surface area contributed by atoms with E-state index in [1.165, 1.54) is 18.5 Å². The molecular formula is C20H23N5O3. The number of hydrogen-bond acceptors (Lipinski definition) is 5. The van der Waals surface area contributed by atoms with Crippen molar-refractivity contribution in [2.45, 2.75) is 25.3 Å². The van der Waals surface area contributed by atoms with E-state index >= 15 is 0 Å². The van der Waals surface area contributed by atoms with Gasteiger partial charge in [0.15, 0.2) is 0 Å². The molecule has 0 saturated carbocycles. The zero-order valence-electron chi connectivity index (χ0n) is 15.6. The van der Waals surface area contributed by atoms with Gasteiger partial charge in [-0.15, -0.1) is 0 Å². The Balaban J connectivity index is 1.77. The van der Waals surface area contributed by atoms with E-state index < -0.39 is 17.7 Å². The average Bonchev–Trinajstić information content (AvgIpc) is 2.73. The van der Waals surface area contributed by atoms with Crippen molar-refractivity contribution < 1.29 is 14.4 Å². The van der Waals surface area contributed by atoms with Crippen molar-refractivity contribution in [3.05, 3.63) is 53.9 Å². The minimum Gasteiger partial charge on any atom is -0.388 e. The lowest BCUT2D eigenvalue weighted by atomic mass is 9.94. The quantitative estimate of drug-likeness (QED) is 0.700. The number of likely N-dealkylation sites (tertiary alicyclic amines) is 1. The van der Waals surface area contributed by atoms with Crippen LogP contribution in [0.3, 0.4) is 0 Å². The molecule has 28 heavy (non-hydrogen) atoms. The van der Waals surface area contributed by atoms with Crippen molar-refractivity contribution in [3.63, 3.8) is 0 Å². The minimum absolute atomic E-state index is 0.157. The third-order valence-corrected chi connectivity index (χ3v) is 4.80. The molecule has 3 amide bonds. The Bertz CT molecular complexity index is 899. The molecule has 8 nitrogen and oxygen atoms in total. The Morgan fingerprint density at radius 3 is 2.71 bits per heavy atom. The van der Waals surface area contributed by atoms with Gasteiger partial charge in [-0.25, -0.2) is 0 Å². The normalized spacial score (nSPS) is 16.3. The molecule has 0 radical (unpaired) electrons. The molecule has 0 bridgehead atoms. The highest BCUT2D eigenvalue weighted by atomic mass is 16.2. The van der Waals surface area contributed by atoms with Crippen molar-refractivity contribution in [1.29, 1.82) is 0 Å². The Labute approximate surface area is 163 Å². The highest BCUT2D eigenvalue weighted by Gasteiger charge is 2.32. The number of hydrogen-bond donors (Lipinski definition) is 3. The molecule has 1 unspecified atom stereocenters. The van der Waals surface area contributed by atoms with Gasteiger partial charge < -0.3 is 21.3 Å². The van der Waals surface area contributed by atoms with Gasteiger partial charge in [-0.1, -0.05) is 12.1 Å². The van der Waals surface area contributed by atoms with Gasteiger partial charge >= 0.3 is 11.8 Å². The van der Waals surface area contributed by atoms with Crippen LogP contribution in [0.2, 0.25) is 0 Å². The molecule has 1 atom stereocenters. The van der Waals surface area contributed by atoms with Crippen LogP contribution in [-0.4, -0.2) is 41.2 Å². The number of nitrogens with two attached hydrogens (primary N) is 1. The molecule has 146 valence electrons. The summed E-state index contributed by atoms with van der Waals surface area (Å²) in [4.78, 5) is 42.1. The van der Waals surface area contributed by atoms with Crippen molar-refractivity contribution in [1.82, 2.24) is 9.88 Å². The van der Waals surface area contributed by atoms with E-state index in [0.717, 1.165) is 30.5 Å². The molecule has 4 N–H and O–H groups in total. The zero-order chi connectivity index (χ0) is 20.1. The number of nitrogens with one attached hydrogen (secondary N) is 2. The highest BCUT2D eigenvalue weighted by molar-refractivity contribution is 6.39. The zero-order valence-corrected chi connectivity index (χ0v) is 15.6. The molecule has 1 saturated heterocycles. The summed E-state index contributed by atoms with van der Waals surface area (Å²) in [7, 11) is 1.84. The number of piperidine rings is 1. The van der Waals surface area contributed by atoms with Crippen LogP contribution in [0.4, 0.5) is 11.4 Å². The fourth-order valence-corrected chi connectivity index (χ4v) is 3.38. The predicted octanol–water partition coefficient (Wildman–Crippen LogP) is 1.91. The molecule has 8 heteroatoms. The lowest BCUT2D eigenvalue weighted by Gasteiger charge is -2.35. The molecule has 2 heterocycles. The Morgan fingerprint density at radius 1 is 1.14 bits per heavy atom. The van der Waals surface area contributed by atoms with Gasteiger partial charge in [0.1, 0.15) is 0 Å². The van der Waals surface area contributed by atoms with E-state index in [-0.39, 0.29) is 17.3 Å². The predicted molar refractivity (Wildman–Crippen MR) is 106 cm³/mol. The van der Waals surface area contributed by atoms with E-state index in [9.17, 15) is 14.4 Å². The standard InChI is InChI=1S/C20H23N5O3/c1-22-15-6-4-5-13(9-15)17-7-2-3-8-25(17)20(28)19(27)24-16-10-14(18(21)26)11-23-12-16/h4-6,9-12,17,22H,2-3,7-8H2,1H3,(H2,21,26)(H,24,27). The molecular weight excluding hydrogens is 358 g/mol. The molecule has 1 aromatic carbocycles. The Hall–Kier alpha value is -3.42. The molecule has 1 aromatic heterocycles. The summed E-state index contributed by atoms with van der Waals surface area (Å²) in [5, 5.41) is 5.61. The van der Waals surface area contributed by atoms with Crippen LogP contribution in [0.5, 0.6) is 0 Å². The van der Waals surface area contributed by atoms with E-state index in [1.54, 1.807) is 4.90 Å². The minimum atomic E-state index is -0.764. The number of amides is 3. The van der Waals surface area contributed by atoms with Gasteiger partial charge in [0.2, 0.25) is 5.91 Å². The van der Waals surface area contributed by atoms with E-state index in [0.29, 0.717) is 6.54 Å². The van der Waals surface area contributed by atoms with Crippen LogP contribution in [0.15, 0.2) is 42.7 Å². The Morgan fingerprint density at radius 2 is 1.96 bits per heavy atom. The monoisotopic (exact) mass is 381 g/mol. The van der Waals surface area contributed by atoms with E-state index in [1.807, 2.05) is 31.3 Å². The van der Waals surface area contributed by atoms with Crippen LogP contribution in [-0.2, 0) is 9.59 Å². The summed E-state index contributed by atoms with van der Waals surface area (Å²) < 4.78 is 0. The molecule has 3 rings (SSSR count). The maximum Gasteiger partial charge on any atom is 0.313 e. The highest BCUT2D eigenvalue weighted by Crippen LogP contribution is 2.32. The molecule has 2 aromatic rings. The van der Waals surface area contributed by atoms with Crippen LogP contribution >= 0.6 is 0 Å². The van der Waals surface area contributed by atoms with Gasteiger partial charge in [0, 0.05) is 25.5 Å². The number of anilines is 2. The maximum atomic E-state index is 12.8. The molecule has 1 aliphatic heterocycles. The van der Waals surface area contributed by atoms with Crippen molar-refractivity contribution >= 4 is 29.1 Å². The van der Waals surface area contributed by atoms with Crippen LogP contribution in [0.25, 0.3) is 0 Å². The van der Waals surface area contributed by atoms with Crippen LogP contribution in [0.1, 0.15) is 41.2 Å². The van der Waals surface area contributed by atoms with Gasteiger partial charge in [-0.3, -0.25) is 19.4 Å². The smallest absolute Gasteiger partial charge is 0.313 e. The number of pyridine rings is 1. The van der Waals surface area contributed by atoms with Crippen LogP contribution in [0, 0.1) is 0 Å². The van der Waals surface area contributed by atoms with E-state index in [4.69, 9.17) is 5.73 Å². The van der Waals surface area contributed by atoms with Crippen molar-refractivity contribution in [2.75, 3.05) is 24.2 Å². The van der Waals surface area contributed by atoms with Gasteiger partial charge in [-0.2, -0.15) is 0 Å². The molecule has 0 aliphatic carbocycles. The summed E-state index contributed by atoms with van der Waals surface area (Å²) in [5.41, 5.74) is 7.58. The second-order valence-corrected chi connectivity index (χ2v) is 6.67. The number of benzene rings is 1. The van der Waals surface area contributed by atoms with Gasteiger partial charge in [0.05, 0.1) is 23.5 Å². The second kappa shape index (κ2) is 8.51. The summed E-state index contributed by atoms with van der Waals surface area (Å²) in [6.45, 7) is 0.514. The largest absolute Gasteiger partial charge is 0.388 e. The lowest BCUT2D eigenvalue weighted by Crippen LogP contribution is -2.44. The van der Waals surface area contributed by atoms with Gasteiger partial charge in [-0.05, 0) is 43.0 Å². The first kappa shape index (κ1) is 19.3. The first-order valence-electron chi connectivity index (χ1n) is 9.14. The first-order chi connectivity index (χ1) is 13.5. The first-order valence-corrected chi connectivity index (χ1v) is 9.14. The topological polar surface area (TPSA) is 117 Å². The average molecular weight is 381 g/mol. The molecule has 0 spiro atoms. The summed E-state index contributed by atoms with van der Waals surface area (Å²) >= 11 is 0. The summed E-state index contributed by atoms with van der Waals surface area (Å²) in [5.74, 6) is -2.03. The third kappa shape index (κ3) is 4.28. The lowest BCUT2D eigenvalue weighted by molar-refractivity contribution is -0.145. The fourth-order valence-electron chi connectivity index (χ4n) is 3.38. The number of primary amides is 1. The molecule has 1 aliphatic rings. The number of rotatable bonds is 4.